The second-order valence-electron chi connectivity index (χ2n) is 6.53. The molecule has 3 rings (SSSR count). The first-order valence-corrected chi connectivity index (χ1v) is 8.71. The molecule has 1 heterocycles. The van der Waals surface area contributed by atoms with Crippen LogP contribution in [0.3, 0.4) is 0 Å². The number of aromatic nitrogens is 2. The van der Waals surface area contributed by atoms with Gasteiger partial charge in [-0.3, -0.25) is 0 Å². The number of ether oxygens (including phenoxy) is 1. The van der Waals surface area contributed by atoms with E-state index in [1.165, 1.54) is 5.56 Å². The van der Waals surface area contributed by atoms with Crippen molar-refractivity contribution in [2.75, 3.05) is 10.6 Å². The summed E-state index contributed by atoms with van der Waals surface area (Å²) in [5, 5.41) is 6.56. The minimum atomic E-state index is 0.161. The van der Waals surface area contributed by atoms with Crippen LogP contribution in [0.5, 0.6) is 5.75 Å². The average Bonchev–Trinajstić information content (AvgIpc) is 2.58. The van der Waals surface area contributed by atoms with E-state index in [-0.39, 0.29) is 6.10 Å². The van der Waals surface area contributed by atoms with E-state index in [1.54, 1.807) is 0 Å². The van der Waals surface area contributed by atoms with Crippen LogP contribution < -0.4 is 15.4 Å². The maximum absolute atomic E-state index is 5.67. The third-order valence-electron chi connectivity index (χ3n) is 3.66. The number of nitrogens with one attached hydrogen (secondary N) is 2. The van der Waals surface area contributed by atoms with Gasteiger partial charge in [-0.2, -0.15) is 4.98 Å². The van der Waals surface area contributed by atoms with Crippen molar-refractivity contribution in [3.63, 3.8) is 0 Å². The molecule has 5 nitrogen and oxygen atoms in total. The highest BCUT2D eigenvalue weighted by atomic mass is 16.5. The van der Waals surface area contributed by atoms with Gasteiger partial charge >= 0.3 is 0 Å². The van der Waals surface area contributed by atoms with Crippen molar-refractivity contribution >= 4 is 23.1 Å². The van der Waals surface area contributed by atoms with E-state index in [1.807, 2.05) is 63.2 Å². The molecular weight excluding hydrogens is 324 g/mol. The van der Waals surface area contributed by atoms with Crippen molar-refractivity contribution in [2.24, 2.45) is 0 Å². The smallest absolute Gasteiger partial charge is 0.229 e. The molecule has 0 amide bonds. The molecule has 0 atom stereocenters. The Morgan fingerprint density at radius 3 is 2.08 bits per heavy atom. The molecule has 1 aromatic heterocycles. The first kappa shape index (κ1) is 17.7. The minimum absolute atomic E-state index is 0.161. The summed E-state index contributed by atoms with van der Waals surface area (Å²) in [6, 6.07) is 17.9. The molecule has 2 aromatic carbocycles. The number of nitrogens with zero attached hydrogens (tertiary/aromatic N) is 2. The maximum Gasteiger partial charge on any atom is 0.229 e. The predicted molar refractivity (Wildman–Crippen MR) is 107 cm³/mol. The number of hydrogen-bond acceptors (Lipinski definition) is 5. The second kappa shape index (κ2) is 7.87. The number of benzene rings is 2. The van der Waals surface area contributed by atoms with E-state index >= 15 is 0 Å². The molecule has 0 radical (unpaired) electrons. The van der Waals surface area contributed by atoms with E-state index in [0.717, 1.165) is 28.6 Å². The summed E-state index contributed by atoms with van der Waals surface area (Å²) in [6.07, 6.45) is 0.161. The van der Waals surface area contributed by atoms with E-state index in [0.29, 0.717) is 5.95 Å². The fourth-order valence-corrected chi connectivity index (χ4v) is 2.49. The van der Waals surface area contributed by atoms with Crippen molar-refractivity contribution in [3.8, 4) is 5.75 Å². The average molecular weight is 348 g/mol. The quantitative estimate of drug-likeness (QED) is 0.627. The van der Waals surface area contributed by atoms with E-state index in [2.05, 4.69) is 39.7 Å². The fraction of sp³-hybridized carbons (Fsp3) is 0.238. The summed E-state index contributed by atoms with van der Waals surface area (Å²) in [7, 11) is 0. The van der Waals surface area contributed by atoms with Crippen LogP contribution in [0.4, 0.5) is 23.1 Å². The monoisotopic (exact) mass is 348 g/mol. The van der Waals surface area contributed by atoms with Crippen molar-refractivity contribution < 1.29 is 4.74 Å². The van der Waals surface area contributed by atoms with Gasteiger partial charge in [0, 0.05) is 23.1 Å². The third-order valence-corrected chi connectivity index (χ3v) is 3.66. The third kappa shape index (κ3) is 4.96. The zero-order chi connectivity index (χ0) is 18.5. The number of aryl methyl sites for hydroxylation is 2. The van der Waals surface area contributed by atoms with Crippen molar-refractivity contribution in [1.29, 1.82) is 0 Å². The number of anilines is 4. The van der Waals surface area contributed by atoms with Crippen LogP contribution in [0.1, 0.15) is 25.1 Å². The molecule has 0 saturated heterocycles. The molecule has 0 aliphatic heterocycles. The van der Waals surface area contributed by atoms with Gasteiger partial charge in [0.15, 0.2) is 0 Å². The molecule has 0 aliphatic carbocycles. The summed E-state index contributed by atoms with van der Waals surface area (Å²) < 4.78 is 5.67. The number of rotatable bonds is 6. The van der Waals surface area contributed by atoms with E-state index < -0.39 is 0 Å². The molecule has 0 fully saturated rings. The second-order valence-corrected chi connectivity index (χ2v) is 6.53. The molecule has 0 aliphatic rings. The number of hydrogen-bond donors (Lipinski definition) is 2. The Morgan fingerprint density at radius 1 is 0.808 bits per heavy atom. The Balaban J connectivity index is 1.73. The predicted octanol–water partition coefficient (Wildman–Crippen LogP) is 5.37. The summed E-state index contributed by atoms with van der Waals surface area (Å²) >= 11 is 0. The molecule has 0 saturated carbocycles. The maximum atomic E-state index is 5.67. The Bertz CT molecular complexity index is 858. The topological polar surface area (TPSA) is 59.1 Å². The highest BCUT2D eigenvalue weighted by molar-refractivity contribution is 5.60. The largest absolute Gasteiger partial charge is 0.491 e. The Morgan fingerprint density at radius 2 is 1.42 bits per heavy atom. The normalized spacial score (nSPS) is 10.7. The van der Waals surface area contributed by atoms with E-state index in [9.17, 15) is 0 Å². The lowest BCUT2D eigenvalue weighted by Gasteiger charge is -2.12. The summed E-state index contributed by atoms with van der Waals surface area (Å²) in [5.74, 6) is 2.16. The van der Waals surface area contributed by atoms with Crippen LogP contribution in [0.15, 0.2) is 54.6 Å². The molecule has 134 valence electrons. The SMILES string of the molecule is Cc1ccc(Nc2nc(C)cc(Nc3ccc(OC(C)C)cc3)n2)cc1. The van der Waals surface area contributed by atoms with Gasteiger partial charge in [-0.05, 0) is 64.1 Å². The van der Waals surface area contributed by atoms with Crippen molar-refractivity contribution in [2.45, 2.75) is 33.8 Å². The molecule has 0 spiro atoms. The Labute approximate surface area is 154 Å². The van der Waals surface area contributed by atoms with Crippen LogP contribution in [-0.2, 0) is 0 Å². The fourth-order valence-electron chi connectivity index (χ4n) is 2.49. The first-order valence-electron chi connectivity index (χ1n) is 8.71. The Kier molecular flexibility index (Phi) is 5.37. The summed E-state index contributed by atoms with van der Waals surface area (Å²) in [5.41, 5.74) is 4.01. The molecule has 2 N–H and O–H groups in total. The van der Waals surface area contributed by atoms with Crippen LogP contribution in [0, 0.1) is 13.8 Å². The first-order chi connectivity index (χ1) is 12.5. The lowest BCUT2D eigenvalue weighted by atomic mass is 10.2. The van der Waals surface area contributed by atoms with Gasteiger partial charge < -0.3 is 15.4 Å². The van der Waals surface area contributed by atoms with Gasteiger partial charge in [-0.1, -0.05) is 17.7 Å². The van der Waals surface area contributed by atoms with Crippen LogP contribution >= 0.6 is 0 Å². The highest BCUT2D eigenvalue weighted by Crippen LogP contribution is 2.22. The molecule has 3 aromatic rings. The summed E-state index contributed by atoms with van der Waals surface area (Å²) in [4.78, 5) is 9.01. The lowest BCUT2D eigenvalue weighted by Crippen LogP contribution is -2.05. The minimum Gasteiger partial charge on any atom is -0.491 e. The Hall–Kier alpha value is -3.08. The van der Waals surface area contributed by atoms with Gasteiger partial charge in [0.25, 0.3) is 0 Å². The van der Waals surface area contributed by atoms with Gasteiger partial charge in [-0.25, -0.2) is 4.98 Å². The van der Waals surface area contributed by atoms with Crippen LogP contribution in [-0.4, -0.2) is 16.1 Å². The zero-order valence-electron chi connectivity index (χ0n) is 15.6. The molecule has 26 heavy (non-hydrogen) atoms. The standard InChI is InChI=1S/C21H24N4O/c1-14(2)26-19-11-9-17(10-12-19)23-20-13-16(4)22-21(25-20)24-18-7-5-15(3)6-8-18/h5-14H,1-4H3,(H2,22,23,24,25). The van der Waals surface area contributed by atoms with Crippen molar-refractivity contribution in [1.82, 2.24) is 9.97 Å². The molecule has 0 unspecified atom stereocenters. The van der Waals surface area contributed by atoms with E-state index in [4.69, 9.17) is 4.74 Å². The molecular formula is C21H24N4O. The lowest BCUT2D eigenvalue weighted by molar-refractivity contribution is 0.242. The molecule has 0 bridgehead atoms. The van der Waals surface area contributed by atoms with Gasteiger partial charge in [0.2, 0.25) is 5.95 Å². The summed E-state index contributed by atoms with van der Waals surface area (Å²) in [6.45, 7) is 8.04. The van der Waals surface area contributed by atoms with Crippen LogP contribution in [0.2, 0.25) is 0 Å². The van der Waals surface area contributed by atoms with Gasteiger partial charge in [0.05, 0.1) is 6.10 Å². The van der Waals surface area contributed by atoms with Crippen molar-refractivity contribution in [3.05, 3.63) is 65.9 Å². The van der Waals surface area contributed by atoms with Crippen LogP contribution in [0.25, 0.3) is 0 Å². The van der Waals surface area contributed by atoms with Gasteiger partial charge in [0.1, 0.15) is 11.6 Å². The highest BCUT2D eigenvalue weighted by Gasteiger charge is 2.04. The molecule has 5 heteroatoms. The zero-order valence-corrected chi connectivity index (χ0v) is 15.6. The van der Waals surface area contributed by atoms with Gasteiger partial charge in [-0.15, -0.1) is 0 Å².